The Morgan fingerprint density at radius 3 is 2.57 bits per heavy atom. The molecule has 0 saturated heterocycles. The summed E-state index contributed by atoms with van der Waals surface area (Å²) in [5.41, 5.74) is 5.80. The van der Waals surface area contributed by atoms with Crippen molar-refractivity contribution in [2.45, 2.75) is 53.6 Å². The molecule has 2 heterocycles. The van der Waals surface area contributed by atoms with Crippen LogP contribution in [0.2, 0.25) is 0 Å². The number of nitrogens with zero attached hydrogens (tertiary/aromatic N) is 4. The van der Waals surface area contributed by atoms with Crippen LogP contribution in [0, 0.1) is 20.8 Å². The van der Waals surface area contributed by atoms with E-state index >= 15 is 0 Å². The maximum Gasteiger partial charge on any atom is 0.216 e. The fraction of sp³-hybridized carbons (Fsp3) is 0.435. The number of aryl methyl sites for hydroxylation is 3. The minimum absolute atomic E-state index is 0.206. The van der Waals surface area contributed by atoms with E-state index in [-0.39, 0.29) is 6.04 Å². The van der Waals surface area contributed by atoms with Crippen LogP contribution in [0.25, 0.3) is 11.3 Å². The van der Waals surface area contributed by atoms with Gasteiger partial charge in [-0.25, -0.2) is 9.98 Å². The molecule has 3 rings (SSSR count). The molecule has 3 aromatic rings. The average molecular weight is 409 g/mol. The summed E-state index contributed by atoms with van der Waals surface area (Å²) in [4.78, 5) is 9.03. The van der Waals surface area contributed by atoms with Crippen molar-refractivity contribution in [3.63, 3.8) is 0 Å². The van der Waals surface area contributed by atoms with Crippen LogP contribution < -0.4 is 10.6 Å². The fourth-order valence-electron chi connectivity index (χ4n) is 3.40. The van der Waals surface area contributed by atoms with Crippen molar-refractivity contribution in [1.29, 1.82) is 0 Å². The van der Waals surface area contributed by atoms with Crippen LogP contribution in [0.15, 0.2) is 39.9 Å². The molecule has 0 aliphatic rings. The molecule has 1 aromatic carbocycles. The molecule has 7 nitrogen and oxygen atoms in total. The molecule has 2 N–H and O–H groups in total. The number of benzene rings is 1. The van der Waals surface area contributed by atoms with Crippen molar-refractivity contribution < 1.29 is 4.42 Å². The Bertz CT molecular complexity index is 999. The van der Waals surface area contributed by atoms with Crippen LogP contribution >= 0.6 is 0 Å². The third kappa shape index (κ3) is 5.28. The minimum atomic E-state index is 0.206. The topological polar surface area (TPSA) is 80.3 Å². The van der Waals surface area contributed by atoms with Crippen molar-refractivity contribution in [2.75, 3.05) is 6.54 Å². The molecule has 30 heavy (non-hydrogen) atoms. The molecule has 0 fully saturated rings. The normalized spacial score (nSPS) is 12.8. The minimum Gasteiger partial charge on any atom is -0.439 e. The average Bonchev–Trinajstić information content (AvgIpc) is 3.27. The van der Waals surface area contributed by atoms with Crippen LogP contribution in [-0.4, -0.2) is 33.3 Å². The maximum atomic E-state index is 5.89. The fourth-order valence-corrected chi connectivity index (χ4v) is 3.40. The first kappa shape index (κ1) is 21.6. The van der Waals surface area contributed by atoms with Gasteiger partial charge in [0.25, 0.3) is 0 Å². The van der Waals surface area contributed by atoms with Gasteiger partial charge in [0.05, 0.1) is 11.9 Å². The monoisotopic (exact) mass is 408 g/mol. The number of aliphatic imine (C=N–C) groups is 1. The molecule has 1 atom stereocenters. The van der Waals surface area contributed by atoms with E-state index in [1.54, 1.807) is 6.20 Å². The van der Waals surface area contributed by atoms with Gasteiger partial charge in [0.2, 0.25) is 5.89 Å². The van der Waals surface area contributed by atoms with E-state index < -0.39 is 0 Å². The van der Waals surface area contributed by atoms with E-state index in [4.69, 9.17) is 4.42 Å². The summed E-state index contributed by atoms with van der Waals surface area (Å²) in [6.45, 7) is 11.6. The zero-order valence-corrected chi connectivity index (χ0v) is 18.8. The molecule has 0 aliphatic heterocycles. The lowest BCUT2D eigenvalue weighted by atomic mass is 10.1. The van der Waals surface area contributed by atoms with Crippen LogP contribution in [0.4, 0.5) is 0 Å². The van der Waals surface area contributed by atoms with Gasteiger partial charge in [-0.2, -0.15) is 5.10 Å². The Balaban J connectivity index is 1.65. The smallest absolute Gasteiger partial charge is 0.216 e. The first-order valence-corrected chi connectivity index (χ1v) is 10.4. The quantitative estimate of drug-likeness (QED) is 0.460. The maximum absolute atomic E-state index is 5.89. The third-order valence-corrected chi connectivity index (χ3v) is 5.16. The number of rotatable bonds is 7. The molecule has 0 spiro atoms. The molecular formula is C23H32N6O. The summed E-state index contributed by atoms with van der Waals surface area (Å²) < 4.78 is 7.82. The van der Waals surface area contributed by atoms with E-state index in [0.717, 1.165) is 35.9 Å². The van der Waals surface area contributed by atoms with Gasteiger partial charge < -0.3 is 15.1 Å². The van der Waals surface area contributed by atoms with E-state index in [2.05, 4.69) is 72.5 Å². The van der Waals surface area contributed by atoms with Gasteiger partial charge in [-0.15, -0.1) is 0 Å². The SMILES string of the molecule is CCNC(=NCc1ncc(-c2ccc(C)cc2)o1)NC(C)Cc1c(C)nn(C)c1C. The molecule has 0 amide bonds. The van der Waals surface area contributed by atoms with Gasteiger partial charge >= 0.3 is 0 Å². The van der Waals surface area contributed by atoms with Crippen molar-refractivity contribution in [3.8, 4) is 11.3 Å². The van der Waals surface area contributed by atoms with Crippen molar-refractivity contribution in [2.24, 2.45) is 12.0 Å². The van der Waals surface area contributed by atoms with Gasteiger partial charge in [0.1, 0.15) is 6.54 Å². The molecule has 0 aliphatic carbocycles. The largest absolute Gasteiger partial charge is 0.439 e. The van der Waals surface area contributed by atoms with Crippen LogP contribution in [0.1, 0.15) is 42.3 Å². The summed E-state index contributed by atoms with van der Waals surface area (Å²) >= 11 is 0. The number of nitrogens with one attached hydrogen (secondary N) is 2. The number of aromatic nitrogens is 3. The lowest BCUT2D eigenvalue weighted by Crippen LogP contribution is -2.43. The predicted octanol–water partition coefficient (Wildman–Crippen LogP) is 3.69. The Kier molecular flexibility index (Phi) is 6.92. The van der Waals surface area contributed by atoms with E-state index in [1.165, 1.54) is 16.8 Å². The van der Waals surface area contributed by atoms with Crippen molar-refractivity contribution >= 4 is 5.96 Å². The molecule has 7 heteroatoms. The first-order valence-electron chi connectivity index (χ1n) is 10.4. The zero-order valence-electron chi connectivity index (χ0n) is 18.8. The van der Waals surface area contributed by atoms with Gasteiger partial charge in [-0.3, -0.25) is 4.68 Å². The predicted molar refractivity (Wildman–Crippen MR) is 120 cm³/mol. The summed E-state index contributed by atoms with van der Waals surface area (Å²) in [5, 5.41) is 11.3. The van der Waals surface area contributed by atoms with Gasteiger partial charge in [0, 0.05) is 30.9 Å². The Morgan fingerprint density at radius 2 is 1.93 bits per heavy atom. The van der Waals surface area contributed by atoms with Crippen molar-refractivity contribution in [1.82, 2.24) is 25.4 Å². The van der Waals surface area contributed by atoms with E-state index in [0.29, 0.717) is 12.4 Å². The molecule has 0 bridgehead atoms. The Hall–Kier alpha value is -3.09. The van der Waals surface area contributed by atoms with E-state index in [1.807, 2.05) is 23.9 Å². The lowest BCUT2D eigenvalue weighted by Gasteiger charge is -2.18. The molecule has 2 aromatic heterocycles. The molecule has 0 saturated carbocycles. The summed E-state index contributed by atoms with van der Waals surface area (Å²) in [6.07, 6.45) is 2.64. The van der Waals surface area contributed by atoms with Gasteiger partial charge in [-0.05, 0) is 46.6 Å². The second-order valence-corrected chi connectivity index (χ2v) is 7.70. The first-order chi connectivity index (χ1) is 14.4. The summed E-state index contributed by atoms with van der Waals surface area (Å²) in [5.74, 6) is 2.10. The van der Waals surface area contributed by atoms with Gasteiger partial charge in [0.15, 0.2) is 11.7 Å². The van der Waals surface area contributed by atoms with Crippen molar-refractivity contribution in [3.05, 3.63) is 58.9 Å². The lowest BCUT2D eigenvalue weighted by molar-refractivity contribution is 0.508. The highest BCUT2D eigenvalue weighted by Crippen LogP contribution is 2.21. The molecular weight excluding hydrogens is 376 g/mol. The number of guanidine groups is 1. The molecule has 160 valence electrons. The molecule has 0 radical (unpaired) electrons. The molecule has 1 unspecified atom stereocenters. The van der Waals surface area contributed by atoms with Gasteiger partial charge in [-0.1, -0.05) is 29.8 Å². The zero-order chi connectivity index (χ0) is 21.7. The highest BCUT2D eigenvalue weighted by atomic mass is 16.4. The van der Waals surface area contributed by atoms with E-state index in [9.17, 15) is 0 Å². The highest BCUT2D eigenvalue weighted by Gasteiger charge is 2.14. The highest BCUT2D eigenvalue weighted by molar-refractivity contribution is 5.80. The number of oxazole rings is 1. The summed E-state index contributed by atoms with van der Waals surface area (Å²) in [6, 6.07) is 8.42. The second-order valence-electron chi connectivity index (χ2n) is 7.70. The Labute approximate surface area is 178 Å². The van der Waals surface area contributed by atoms with Crippen LogP contribution in [-0.2, 0) is 20.0 Å². The van der Waals surface area contributed by atoms with Crippen LogP contribution in [0.5, 0.6) is 0 Å². The standard InChI is InChI=1S/C23H32N6O/c1-7-24-23(27-16(3)12-20-17(4)28-29(6)18(20)5)26-14-22-25-13-21(30-22)19-10-8-15(2)9-11-19/h8-11,13,16H,7,12,14H2,1-6H3,(H2,24,26,27). The third-order valence-electron chi connectivity index (χ3n) is 5.16. The number of hydrogen-bond donors (Lipinski definition) is 2. The second kappa shape index (κ2) is 9.61. The van der Waals surface area contributed by atoms with Crippen LogP contribution in [0.3, 0.4) is 0 Å². The summed E-state index contributed by atoms with van der Waals surface area (Å²) in [7, 11) is 1.98. The number of hydrogen-bond acceptors (Lipinski definition) is 4. The Morgan fingerprint density at radius 1 is 1.20 bits per heavy atom.